The van der Waals surface area contributed by atoms with Gasteiger partial charge in [-0.25, -0.2) is 0 Å². The molecule has 6 heteroatoms. The highest BCUT2D eigenvalue weighted by molar-refractivity contribution is 5.35. The molecule has 3 nitrogen and oxygen atoms in total. The summed E-state index contributed by atoms with van der Waals surface area (Å²) in [4.78, 5) is 3.91. The van der Waals surface area contributed by atoms with Crippen LogP contribution in [-0.2, 0) is 6.18 Å². The first-order valence-corrected chi connectivity index (χ1v) is 5.86. The smallest absolute Gasteiger partial charge is 0.419 e. The summed E-state index contributed by atoms with van der Waals surface area (Å²) in [5, 5.41) is 9.81. The number of hydrogen-bond donors (Lipinski definition) is 1. The van der Waals surface area contributed by atoms with Crippen molar-refractivity contribution in [1.82, 2.24) is 4.98 Å². The first kappa shape index (κ1) is 14.3. The largest absolute Gasteiger partial charge is 0.490 e. The first-order valence-electron chi connectivity index (χ1n) is 5.86. The van der Waals surface area contributed by atoms with Crippen molar-refractivity contribution in [2.75, 3.05) is 6.61 Å². The molecule has 2 aromatic rings. The van der Waals surface area contributed by atoms with E-state index in [1.54, 1.807) is 18.2 Å². The minimum atomic E-state index is -4.49. The zero-order valence-corrected chi connectivity index (χ0v) is 10.3. The molecule has 0 spiro atoms. The van der Waals surface area contributed by atoms with Gasteiger partial charge in [-0.3, -0.25) is 4.98 Å². The zero-order chi connectivity index (χ0) is 14.6. The number of hydrogen-bond acceptors (Lipinski definition) is 3. The van der Waals surface area contributed by atoms with Gasteiger partial charge in [-0.15, -0.1) is 0 Å². The number of aliphatic hydroxyl groups excluding tert-OH is 1. The maximum atomic E-state index is 12.7. The Labute approximate surface area is 113 Å². The molecule has 1 aromatic carbocycles. The molecule has 1 N–H and O–H groups in total. The summed E-state index contributed by atoms with van der Waals surface area (Å²) in [6, 6.07) is 9.80. The second-order valence-corrected chi connectivity index (χ2v) is 4.08. The summed E-state index contributed by atoms with van der Waals surface area (Å²) in [5.74, 6) is -0.310. The van der Waals surface area contributed by atoms with Crippen molar-refractivity contribution in [2.24, 2.45) is 0 Å². The van der Waals surface area contributed by atoms with Gasteiger partial charge in [-0.05, 0) is 24.3 Å². The normalized spacial score (nSPS) is 13.0. The average Bonchev–Trinajstić information content (AvgIpc) is 2.45. The number of pyridine rings is 1. The number of halogens is 3. The predicted molar refractivity (Wildman–Crippen MR) is 66.1 cm³/mol. The third-order valence-corrected chi connectivity index (χ3v) is 2.62. The number of ether oxygens (including phenoxy) is 1. The van der Waals surface area contributed by atoms with Gasteiger partial charge in [0.05, 0.1) is 11.3 Å². The van der Waals surface area contributed by atoms with Gasteiger partial charge >= 0.3 is 6.18 Å². The zero-order valence-electron chi connectivity index (χ0n) is 10.3. The van der Waals surface area contributed by atoms with E-state index in [-0.39, 0.29) is 12.4 Å². The quantitative estimate of drug-likeness (QED) is 0.936. The number of rotatable bonds is 4. The number of aromatic nitrogens is 1. The van der Waals surface area contributed by atoms with Gasteiger partial charge in [0.1, 0.15) is 18.5 Å². The molecule has 1 aromatic heterocycles. The lowest BCUT2D eigenvalue weighted by Crippen LogP contribution is -2.14. The van der Waals surface area contributed by atoms with Crippen LogP contribution in [0.15, 0.2) is 48.7 Å². The van der Waals surface area contributed by atoms with Gasteiger partial charge in [0.25, 0.3) is 0 Å². The van der Waals surface area contributed by atoms with Crippen LogP contribution in [0.2, 0.25) is 0 Å². The molecule has 0 aliphatic heterocycles. The van der Waals surface area contributed by atoms with Crippen LogP contribution in [0.25, 0.3) is 0 Å². The summed E-state index contributed by atoms with van der Waals surface area (Å²) < 4.78 is 43.3. The monoisotopic (exact) mass is 283 g/mol. The molecular weight excluding hydrogens is 271 g/mol. The summed E-state index contributed by atoms with van der Waals surface area (Å²) in [5.41, 5.74) is -0.523. The molecule has 2 rings (SSSR count). The van der Waals surface area contributed by atoms with Crippen LogP contribution in [0.5, 0.6) is 5.75 Å². The fourth-order valence-corrected chi connectivity index (χ4v) is 1.65. The summed E-state index contributed by atoms with van der Waals surface area (Å²) in [6.07, 6.45) is -4.09. The minimum absolute atomic E-state index is 0.301. The SMILES string of the molecule is OC(COc1ccccc1C(F)(F)F)c1ccccn1. The second-order valence-electron chi connectivity index (χ2n) is 4.08. The van der Waals surface area contributed by atoms with E-state index < -0.39 is 17.8 Å². The number of benzene rings is 1. The molecule has 1 unspecified atom stereocenters. The molecule has 20 heavy (non-hydrogen) atoms. The highest BCUT2D eigenvalue weighted by Gasteiger charge is 2.34. The molecule has 1 atom stereocenters. The van der Waals surface area contributed by atoms with Crippen LogP contribution >= 0.6 is 0 Å². The molecule has 0 saturated carbocycles. The third-order valence-electron chi connectivity index (χ3n) is 2.62. The lowest BCUT2D eigenvalue weighted by molar-refractivity contribution is -0.139. The Morgan fingerprint density at radius 3 is 2.45 bits per heavy atom. The van der Waals surface area contributed by atoms with Crippen LogP contribution in [0.3, 0.4) is 0 Å². The minimum Gasteiger partial charge on any atom is -0.490 e. The summed E-state index contributed by atoms with van der Waals surface area (Å²) >= 11 is 0. The molecular formula is C14H12F3NO2. The lowest BCUT2D eigenvalue weighted by Gasteiger charge is -2.16. The molecule has 0 radical (unpaired) electrons. The van der Waals surface area contributed by atoms with E-state index in [1.165, 1.54) is 24.4 Å². The van der Waals surface area contributed by atoms with Gasteiger partial charge in [-0.1, -0.05) is 18.2 Å². The van der Waals surface area contributed by atoms with E-state index in [0.717, 1.165) is 6.07 Å². The van der Waals surface area contributed by atoms with Gasteiger partial charge in [0, 0.05) is 6.20 Å². The third kappa shape index (κ3) is 3.48. The van der Waals surface area contributed by atoms with Crippen molar-refractivity contribution >= 4 is 0 Å². The van der Waals surface area contributed by atoms with Gasteiger partial charge in [-0.2, -0.15) is 13.2 Å². The van der Waals surface area contributed by atoms with Crippen molar-refractivity contribution in [2.45, 2.75) is 12.3 Å². The van der Waals surface area contributed by atoms with E-state index in [0.29, 0.717) is 5.69 Å². The molecule has 0 bridgehead atoms. The molecule has 1 heterocycles. The number of para-hydroxylation sites is 1. The highest BCUT2D eigenvalue weighted by atomic mass is 19.4. The van der Waals surface area contributed by atoms with Gasteiger partial charge in [0.2, 0.25) is 0 Å². The Bertz CT molecular complexity index is 558. The van der Waals surface area contributed by atoms with Crippen LogP contribution in [0, 0.1) is 0 Å². The van der Waals surface area contributed by atoms with E-state index in [1.807, 2.05) is 0 Å². The average molecular weight is 283 g/mol. The van der Waals surface area contributed by atoms with E-state index >= 15 is 0 Å². The fraction of sp³-hybridized carbons (Fsp3) is 0.214. The van der Waals surface area contributed by atoms with Crippen molar-refractivity contribution in [3.63, 3.8) is 0 Å². The topological polar surface area (TPSA) is 42.4 Å². The predicted octanol–water partition coefficient (Wildman–Crippen LogP) is 3.21. The Balaban J connectivity index is 2.08. The Morgan fingerprint density at radius 2 is 1.80 bits per heavy atom. The molecule has 0 fully saturated rings. The maximum Gasteiger partial charge on any atom is 0.419 e. The van der Waals surface area contributed by atoms with Crippen LogP contribution in [0.1, 0.15) is 17.4 Å². The molecule has 106 valence electrons. The van der Waals surface area contributed by atoms with Crippen LogP contribution in [0.4, 0.5) is 13.2 Å². The Kier molecular flexibility index (Phi) is 4.24. The van der Waals surface area contributed by atoms with Crippen LogP contribution < -0.4 is 4.74 Å². The van der Waals surface area contributed by atoms with Crippen molar-refractivity contribution < 1.29 is 23.0 Å². The Hall–Kier alpha value is -2.08. The highest BCUT2D eigenvalue weighted by Crippen LogP contribution is 2.36. The van der Waals surface area contributed by atoms with Gasteiger partial charge in [0.15, 0.2) is 0 Å². The molecule has 0 amide bonds. The van der Waals surface area contributed by atoms with Crippen molar-refractivity contribution in [1.29, 1.82) is 0 Å². The molecule has 0 aliphatic rings. The maximum absolute atomic E-state index is 12.7. The lowest BCUT2D eigenvalue weighted by atomic mass is 10.2. The van der Waals surface area contributed by atoms with Gasteiger partial charge < -0.3 is 9.84 Å². The molecule has 0 saturated heterocycles. The van der Waals surface area contributed by atoms with Crippen molar-refractivity contribution in [3.8, 4) is 5.75 Å². The first-order chi connectivity index (χ1) is 9.48. The second kappa shape index (κ2) is 5.92. The molecule has 0 aliphatic carbocycles. The standard InChI is InChI=1S/C14H12F3NO2/c15-14(16,17)10-5-1-2-7-13(10)20-9-12(19)11-6-3-4-8-18-11/h1-8,12,19H,9H2. The van der Waals surface area contributed by atoms with E-state index in [4.69, 9.17) is 4.74 Å². The number of alkyl halides is 3. The van der Waals surface area contributed by atoms with E-state index in [2.05, 4.69) is 4.98 Å². The summed E-state index contributed by atoms with van der Waals surface area (Å²) in [7, 11) is 0. The fourth-order valence-electron chi connectivity index (χ4n) is 1.65. The van der Waals surface area contributed by atoms with Crippen molar-refractivity contribution in [3.05, 3.63) is 59.9 Å². The van der Waals surface area contributed by atoms with E-state index in [9.17, 15) is 18.3 Å². The Morgan fingerprint density at radius 1 is 1.10 bits per heavy atom. The number of nitrogens with zero attached hydrogens (tertiary/aromatic N) is 1. The van der Waals surface area contributed by atoms with Crippen LogP contribution in [-0.4, -0.2) is 16.7 Å². The number of aliphatic hydroxyl groups is 1. The summed E-state index contributed by atoms with van der Waals surface area (Å²) in [6.45, 7) is -0.301.